The molecule has 0 aliphatic heterocycles. The van der Waals surface area contributed by atoms with Gasteiger partial charge in [-0.1, -0.05) is 0 Å². The average molecular weight is 253 g/mol. The van der Waals surface area contributed by atoms with Crippen LogP contribution >= 0.6 is 0 Å². The molecule has 5 N–H and O–H groups in total. The first-order chi connectivity index (χ1) is 8.49. The van der Waals surface area contributed by atoms with E-state index in [0.717, 1.165) is 0 Å². The second-order valence-corrected chi connectivity index (χ2v) is 3.50. The van der Waals surface area contributed by atoms with Crippen molar-refractivity contribution in [2.24, 2.45) is 11.6 Å². The fourth-order valence-electron chi connectivity index (χ4n) is 1.28. The Kier molecular flexibility index (Phi) is 4.50. The van der Waals surface area contributed by atoms with Crippen LogP contribution in [0.3, 0.4) is 0 Å². The molecule has 1 rings (SSSR count). The third kappa shape index (κ3) is 3.11. The van der Waals surface area contributed by atoms with Crippen molar-refractivity contribution in [2.45, 2.75) is 13.0 Å². The number of benzene rings is 1. The van der Waals surface area contributed by atoms with Gasteiger partial charge in [0.05, 0.1) is 7.11 Å². The summed E-state index contributed by atoms with van der Waals surface area (Å²) in [7, 11) is 1.42. The summed E-state index contributed by atoms with van der Waals surface area (Å²) in [5.74, 6) is 4.56. The zero-order valence-electron chi connectivity index (χ0n) is 10.1. The summed E-state index contributed by atoms with van der Waals surface area (Å²) in [5, 5.41) is 0. The van der Waals surface area contributed by atoms with Gasteiger partial charge in [-0.05, 0) is 25.1 Å². The molecule has 0 saturated carbocycles. The molecule has 1 aromatic carbocycles. The molecule has 7 heteroatoms. The molecule has 7 nitrogen and oxygen atoms in total. The second-order valence-electron chi connectivity index (χ2n) is 3.50. The van der Waals surface area contributed by atoms with E-state index in [4.69, 9.17) is 21.1 Å². The molecule has 0 fully saturated rings. The van der Waals surface area contributed by atoms with Gasteiger partial charge in [0.1, 0.15) is 0 Å². The fourth-order valence-corrected chi connectivity index (χ4v) is 1.28. The van der Waals surface area contributed by atoms with Gasteiger partial charge in [-0.15, -0.1) is 0 Å². The number of hydrogen-bond donors (Lipinski definition) is 3. The molecule has 1 aromatic rings. The van der Waals surface area contributed by atoms with Crippen LogP contribution in [0.2, 0.25) is 0 Å². The van der Waals surface area contributed by atoms with Crippen LogP contribution in [-0.4, -0.2) is 25.0 Å². The topological polar surface area (TPSA) is 117 Å². The van der Waals surface area contributed by atoms with E-state index in [9.17, 15) is 9.59 Å². The highest BCUT2D eigenvalue weighted by Gasteiger charge is 2.16. The summed E-state index contributed by atoms with van der Waals surface area (Å²) in [4.78, 5) is 22.2. The minimum Gasteiger partial charge on any atom is -0.493 e. The summed E-state index contributed by atoms with van der Waals surface area (Å²) in [6.45, 7) is 1.53. The zero-order chi connectivity index (χ0) is 13.7. The van der Waals surface area contributed by atoms with E-state index in [1.807, 2.05) is 5.43 Å². The van der Waals surface area contributed by atoms with Gasteiger partial charge >= 0.3 is 0 Å². The molecule has 0 aromatic heterocycles. The normalized spacial score (nSPS) is 11.5. The lowest BCUT2D eigenvalue weighted by atomic mass is 10.2. The number of primary amides is 1. The zero-order valence-corrected chi connectivity index (χ0v) is 10.1. The summed E-state index contributed by atoms with van der Waals surface area (Å²) < 4.78 is 10.4. The summed E-state index contributed by atoms with van der Waals surface area (Å²) >= 11 is 0. The number of carbonyl (C=O) groups excluding carboxylic acids is 2. The van der Waals surface area contributed by atoms with Crippen LogP contribution < -0.4 is 26.5 Å². The minimum absolute atomic E-state index is 0.287. The van der Waals surface area contributed by atoms with Crippen molar-refractivity contribution in [3.8, 4) is 11.5 Å². The largest absolute Gasteiger partial charge is 0.493 e. The second kappa shape index (κ2) is 5.87. The molecule has 0 aliphatic rings. The van der Waals surface area contributed by atoms with Crippen molar-refractivity contribution >= 4 is 11.8 Å². The maximum atomic E-state index is 11.2. The Balaban J connectivity index is 2.96. The highest BCUT2D eigenvalue weighted by atomic mass is 16.5. The maximum absolute atomic E-state index is 11.2. The van der Waals surface area contributed by atoms with Crippen LogP contribution in [-0.2, 0) is 4.79 Å². The SMILES string of the molecule is COc1cc(C(N)=O)ccc1OC(C)C(=O)NN. The number of amides is 2. The quantitative estimate of drug-likeness (QED) is 0.373. The van der Waals surface area contributed by atoms with Gasteiger partial charge in [0.25, 0.3) is 5.91 Å². The Labute approximate surface area is 104 Å². The van der Waals surface area contributed by atoms with Crippen LogP contribution in [0.5, 0.6) is 11.5 Å². The van der Waals surface area contributed by atoms with Gasteiger partial charge in [0.2, 0.25) is 5.91 Å². The van der Waals surface area contributed by atoms with E-state index < -0.39 is 17.9 Å². The summed E-state index contributed by atoms with van der Waals surface area (Å²) in [6.07, 6.45) is -0.789. The Morgan fingerprint density at radius 2 is 2.00 bits per heavy atom. The molecule has 1 atom stereocenters. The molecular formula is C11H15N3O4. The highest BCUT2D eigenvalue weighted by Crippen LogP contribution is 2.28. The van der Waals surface area contributed by atoms with E-state index in [1.165, 1.54) is 32.2 Å². The Morgan fingerprint density at radius 3 is 2.50 bits per heavy atom. The minimum atomic E-state index is -0.789. The first-order valence-corrected chi connectivity index (χ1v) is 5.14. The molecule has 2 amide bonds. The Bertz CT molecular complexity index is 462. The predicted molar refractivity (Wildman–Crippen MR) is 63.9 cm³/mol. The van der Waals surface area contributed by atoms with E-state index >= 15 is 0 Å². The standard InChI is InChI=1S/C11H15N3O4/c1-6(11(16)14-13)18-8-4-3-7(10(12)15)5-9(8)17-2/h3-6H,13H2,1-2H3,(H2,12,15)(H,14,16). The Morgan fingerprint density at radius 1 is 1.33 bits per heavy atom. The van der Waals surface area contributed by atoms with Crippen LogP contribution in [0.4, 0.5) is 0 Å². The number of ether oxygens (including phenoxy) is 2. The van der Waals surface area contributed by atoms with Crippen molar-refractivity contribution in [3.63, 3.8) is 0 Å². The molecule has 18 heavy (non-hydrogen) atoms. The van der Waals surface area contributed by atoms with Crippen molar-refractivity contribution in [3.05, 3.63) is 23.8 Å². The maximum Gasteiger partial charge on any atom is 0.274 e. The first kappa shape index (κ1) is 13.8. The van der Waals surface area contributed by atoms with Gasteiger partial charge in [-0.3, -0.25) is 15.0 Å². The molecule has 1 unspecified atom stereocenters. The summed E-state index contributed by atoms with van der Waals surface area (Å²) in [6, 6.07) is 4.41. The van der Waals surface area contributed by atoms with Crippen molar-refractivity contribution < 1.29 is 19.1 Å². The lowest BCUT2D eigenvalue weighted by Gasteiger charge is -2.15. The summed E-state index contributed by atoms with van der Waals surface area (Å²) in [5.41, 5.74) is 7.40. The van der Waals surface area contributed by atoms with E-state index in [2.05, 4.69) is 0 Å². The van der Waals surface area contributed by atoms with Gasteiger partial charge < -0.3 is 15.2 Å². The molecule has 98 valence electrons. The van der Waals surface area contributed by atoms with E-state index in [1.54, 1.807) is 0 Å². The van der Waals surface area contributed by atoms with Crippen LogP contribution in [0.15, 0.2) is 18.2 Å². The third-order valence-electron chi connectivity index (χ3n) is 2.26. The number of nitrogens with one attached hydrogen (secondary N) is 1. The number of rotatable bonds is 5. The lowest BCUT2D eigenvalue weighted by Crippen LogP contribution is -2.40. The highest BCUT2D eigenvalue weighted by molar-refractivity contribution is 5.93. The molecule has 0 saturated heterocycles. The fraction of sp³-hybridized carbons (Fsp3) is 0.273. The molecular weight excluding hydrogens is 238 g/mol. The van der Waals surface area contributed by atoms with Gasteiger partial charge in [0, 0.05) is 5.56 Å². The van der Waals surface area contributed by atoms with Gasteiger partial charge in [-0.2, -0.15) is 0 Å². The number of methoxy groups -OCH3 is 1. The van der Waals surface area contributed by atoms with Crippen molar-refractivity contribution in [1.29, 1.82) is 0 Å². The van der Waals surface area contributed by atoms with Crippen LogP contribution in [0, 0.1) is 0 Å². The third-order valence-corrected chi connectivity index (χ3v) is 2.26. The van der Waals surface area contributed by atoms with E-state index in [-0.39, 0.29) is 5.56 Å². The van der Waals surface area contributed by atoms with Gasteiger partial charge in [0.15, 0.2) is 17.6 Å². The number of nitrogens with two attached hydrogens (primary N) is 2. The molecule has 0 radical (unpaired) electrons. The van der Waals surface area contributed by atoms with E-state index in [0.29, 0.717) is 11.5 Å². The molecule has 0 aliphatic carbocycles. The first-order valence-electron chi connectivity index (χ1n) is 5.14. The predicted octanol–water partition coefficient (Wildman–Crippen LogP) is -0.449. The number of hydrogen-bond acceptors (Lipinski definition) is 5. The van der Waals surface area contributed by atoms with Gasteiger partial charge in [-0.25, -0.2) is 5.84 Å². The van der Waals surface area contributed by atoms with Crippen LogP contribution in [0.1, 0.15) is 17.3 Å². The van der Waals surface area contributed by atoms with Crippen molar-refractivity contribution in [1.82, 2.24) is 5.43 Å². The lowest BCUT2D eigenvalue weighted by molar-refractivity contribution is -0.127. The molecule has 0 heterocycles. The Hall–Kier alpha value is -2.28. The number of hydrazine groups is 1. The number of carbonyl (C=O) groups is 2. The molecule has 0 spiro atoms. The van der Waals surface area contributed by atoms with Crippen LogP contribution in [0.25, 0.3) is 0 Å². The molecule has 0 bridgehead atoms. The average Bonchev–Trinajstić information content (AvgIpc) is 2.37. The smallest absolute Gasteiger partial charge is 0.274 e. The van der Waals surface area contributed by atoms with Crippen molar-refractivity contribution in [2.75, 3.05) is 7.11 Å². The monoisotopic (exact) mass is 253 g/mol.